The van der Waals surface area contributed by atoms with Crippen LogP contribution in [0.1, 0.15) is 32.6 Å². The molecule has 8 heteroatoms. The molecule has 2 atom stereocenters. The predicted octanol–water partition coefficient (Wildman–Crippen LogP) is 1.06. The molecule has 25 heavy (non-hydrogen) atoms. The van der Waals surface area contributed by atoms with Crippen LogP contribution in [0.2, 0.25) is 0 Å². The average molecular weight is 368 g/mol. The van der Waals surface area contributed by atoms with Crippen LogP contribution in [-0.4, -0.2) is 49.9 Å². The molecule has 1 aliphatic carbocycles. The normalized spacial score (nSPS) is 26.4. The highest BCUT2D eigenvalue weighted by molar-refractivity contribution is 7.89. The number of benzene rings is 1. The summed E-state index contributed by atoms with van der Waals surface area (Å²) in [6.45, 7) is 4.69. The van der Waals surface area contributed by atoms with Gasteiger partial charge in [0, 0.05) is 12.5 Å². The standard InChI is InChI=1S/C17H25N3O4S/c1-14-5-4-6-15(13-14)18-9-11-19(12-10-18)25(23,24)17-8-3-2-7-16(17)20(21)22/h2-3,7-8,14-15H,4-6,9-13H2,1H3/p+1/t14-,15-/m0/s1. The van der Waals surface area contributed by atoms with E-state index in [0.717, 1.165) is 19.0 Å². The summed E-state index contributed by atoms with van der Waals surface area (Å²) in [7, 11) is -3.82. The van der Waals surface area contributed by atoms with E-state index in [1.54, 1.807) is 0 Å². The minimum Gasteiger partial charge on any atom is -0.330 e. The number of nitro benzene ring substituents is 1. The predicted molar refractivity (Wildman–Crippen MR) is 94.0 cm³/mol. The number of piperazine rings is 1. The fourth-order valence-electron chi connectivity index (χ4n) is 4.19. The van der Waals surface area contributed by atoms with Crippen molar-refractivity contribution in [1.82, 2.24) is 4.31 Å². The largest absolute Gasteiger partial charge is 0.330 e. The van der Waals surface area contributed by atoms with Crippen LogP contribution < -0.4 is 4.90 Å². The minimum atomic E-state index is -3.82. The van der Waals surface area contributed by atoms with Crippen LogP contribution in [0.3, 0.4) is 0 Å². The molecular weight excluding hydrogens is 342 g/mol. The molecule has 0 aromatic heterocycles. The lowest BCUT2D eigenvalue weighted by Crippen LogP contribution is -3.18. The SMILES string of the molecule is C[C@H]1CCC[C@H]([NH+]2CCN(S(=O)(=O)c3ccccc3[N+](=O)[O-])CC2)C1. The maximum absolute atomic E-state index is 12.9. The topological polar surface area (TPSA) is 85.0 Å². The molecule has 0 spiro atoms. The Morgan fingerprint density at radius 1 is 1.20 bits per heavy atom. The maximum Gasteiger partial charge on any atom is 0.289 e. The molecule has 2 aliphatic rings. The van der Waals surface area contributed by atoms with Gasteiger partial charge in [-0.25, -0.2) is 8.42 Å². The van der Waals surface area contributed by atoms with Crippen molar-refractivity contribution in [2.24, 2.45) is 5.92 Å². The molecular formula is C17H26N3O4S+. The fourth-order valence-corrected chi connectivity index (χ4v) is 5.79. The zero-order chi connectivity index (χ0) is 18.0. The molecule has 138 valence electrons. The van der Waals surface area contributed by atoms with Crippen molar-refractivity contribution in [1.29, 1.82) is 0 Å². The van der Waals surface area contributed by atoms with Crippen LogP contribution in [0.15, 0.2) is 29.2 Å². The quantitative estimate of drug-likeness (QED) is 0.636. The molecule has 1 saturated heterocycles. The van der Waals surface area contributed by atoms with E-state index in [9.17, 15) is 18.5 Å². The Morgan fingerprint density at radius 2 is 1.88 bits per heavy atom. The van der Waals surface area contributed by atoms with Crippen LogP contribution in [0.5, 0.6) is 0 Å². The highest BCUT2D eigenvalue weighted by Crippen LogP contribution is 2.26. The Kier molecular flexibility index (Phi) is 5.41. The summed E-state index contributed by atoms with van der Waals surface area (Å²) in [6, 6.07) is 6.22. The Bertz CT molecular complexity index is 729. The Hall–Kier alpha value is -1.51. The molecule has 7 nitrogen and oxygen atoms in total. The van der Waals surface area contributed by atoms with Crippen molar-refractivity contribution in [2.75, 3.05) is 26.2 Å². The molecule has 1 aliphatic heterocycles. The molecule has 3 rings (SSSR count). The molecule has 2 fully saturated rings. The van der Waals surface area contributed by atoms with Crippen molar-refractivity contribution in [3.05, 3.63) is 34.4 Å². The van der Waals surface area contributed by atoms with Gasteiger partial charge in [0.15, 0.2) is 4.90 Å². The number of para-hydroxylation sites is 1. The number of sulfonamides is 1. The number of nitro groups is 1. The van der Waals surface area contributed by atoms with Gasteiger partial charge in [0.1, 0.15) is 0 Å². The first-order valence-corrected chi connectivity index (χ1v) is 10.4. The third kappa shape index (κ3) is 3.86. The number of hydrogen-bond donors (Lipinski definition) is 1. The van der Waals surface area contributed by atoms with Gasteiger partial charge < -0.3 is 4.90 Å². The van der Waals surface area contributed by atoms with E-state index in [1.165, 1.54) is 59.2 Å². The fraction of sp³-hybridized carbons (Fsp3) is 0.647. The van der Waals surface area contributed by atoms with Gasteiger partial charge in [0.05, 0.1) is 37.1 Å². The zero-order valence-electron chi connectivity index (χ0n) is 14.6. The lowest BCUT2D eigenvalue weighted by atomic mass is 9.86. The van der Waals surface area contributed by atoms with Gasteiger partial charge in [0.2, 0.25) is 10.0 Å². The number of hydrogen-bond acceptors (Lipinski definition) is 4. The van der Waals surface area contributed by atoms with Crippen molar-refractivity contribution in [2.45, 2.75) is 43.5 Å². The Morgan fingerprint density at radius 3 is 2.52 bits per heavy atom. The lowest BCUT2D eigenvalue weighted by molar-refractivity contribution is -0.930. The van der Waals surface area contributed by atoms with Crippen molar-refractivity contribution < 1.29 is 18.2 Å². The highest BCUT2D eigenvalue weighted by atomic mass is 32.2. The summed E-state index contributed by atoms with van der Waals surface area (Å²) >= 11 is 0. The van der Waals surface area contributed by atoms with Crippen LogP contribution in [0.4, 0.5) is 5.69 Å². The van der Waals surface area contributed by atoms with Gasteiger partial charge in [-0.2, -0.15) is 4.31 Å². The van der Waals surface area contributed by atoms with Crippen LogP contribution in [0.25, 0.3) is 0 Å². The summed E-state index contributed by atoms with van der Waals surface area (Å²) in [5.74, 6) is 0.750. The second-order valence-electron chi connectivity index (χ2n) is 7.26. The highest BCUT2D eigenvalue weighted by Gasteiger charge is 2.37. The molecule has 0 amide bonds. The second-order valence-corrected chi connectivity index (χ2v) is 9.16. The van der Waals surface area contributed by atoms with Gasteiger partial charge >= 0.3 is 0 Å². The smallest absolute Gasteiger partial charge is 0.289 e. The summed E-state index contributed by atoms with van der Waals surface area (Å²) < 4.78 is 27.1. The third-order valence-corrected chi connectivity index (χ3v) is 7.50. The average Bonchev–Trinajstić information content (AvgIpc) is 2.62. The second kappa shape index (κ2) is 7.39. The summed E-state index contributed by atoms with van der Waals surface area (Å²) in [4.78, 5) is 11.8. The van der Waals surface area contributed by atoms with Gasteiger partial charge in [-0.05, 0) is 24.8 Å². The van der Waals surface area contributed by atoms with E-state index in [4.69, 9.17) is 0 Å². The van der Waals surface area contributed by atoms with E-state index < -0.39 is 14.9 Å². The molecule has 0 bridgehead atoms. The molecule has 1 saturated carbocycles. The van der Waals surface area contributed by atoms with Gasteiger partial charge in [0.25, 0.3) is 5.69 Å². The number of quaternary nitrogens is 1. The van der Waals surface area contributed by atoms with Crippen LogP contribution in [-0.2, 0) is 10.0 Å². The molecule has 1 aromatic carbocycles. The first-order chi connectivity index (χ1) is 11.9. The minimum absolute atomic E-state index is 0.199. The molecule has 1 N–H and O–H groups in total. The monoisotopic (exact) mass is 368 g/mol. The first kappa shape index (κ1) is 18.3. The number of nitrogens with zero attached hydrogens (tertiary/aromatic N) is 2. The van der Waals surface area contributed by atoms with Crippen LogP contribution >= 0.6 is 0 Å². The summed E-state index contributed by atoms with van der Waals surface area (Å²) in [5.41, 5.74) is -0.349. The molecule has 1 aromatic rings. The van der Waals surface area contributed by atoms with Crippen molar-refractivity contribution >= 4 is 15.7 Å². The Balaban J connectivity index is 1.71. The molecule has 0 radical (unpaired) electrons. The Labute approximate surface area is 148 Å². The summed E-state index contributed by atoms with van der Waals surface area (Å²) in [5, 5.41) is 11.2. The number of nitrogens with one attached hydrogen (secondary N) is 1. The van der Waals surface area contributed by atoms with E-state index in [2.05, 4.69) is 6.92 Å². The summed E-state index contributed by atoms with van der Waals surface area (Å²) in [6.07, 6.45) is 4.98. The van der Waals surface area contributed by atoms with Gasteiger partial charge in [-0.15, -0.1) is 0 Å². The molecule has 1 heterocycles. The van der Waals surface area contributed by atoms with Gasteiger partial charge in [-0.1, -0.05) is 25.5 Å². The first-order valence-electron chi connectivity index (χ1n) is 8.97. The van der Waals surface area contributed by atoms with Gasteiger partial charge in [-0.3, -0.25) is 10.1 Å². The van der Waals surface area contributed by atoms with Crippen molar-refractivity contribution in [3.63, 3.8) is 0 Å². The van der Waals surface area contributed by atoms with E-state index in [1.807, 2.05) is 0 Å². The maximum atomic E-state index is 12.9. The van der Waals surface area contributed by atoms with E-state index in [0.29, 0.717) is 19.1 Å². The number of rotatable bonds is 4. The van der Waals surface area contributed by atoms with Crippen LogP contribution in [0, 0.1) is 16.0 Å². The third-order valence-electron chi connectivity index (χ3n) is 5.56. The zero-order valence-corrected chi connectivity index (χ0v) is 15.4. The van der Waals surface area contributed by atoms with E-state index in [-0.39, 0.29) is 10.6 Å². The molecule has 0 unspecified atom stereocenters. The van der Waals surface area contributed by atoms with E-state index >= 15 is 0 Å². The van der Waals surface area contributed by atoms with Crippen molar-refractivity contribution in [3.8, 4) is 0 Å². The lowest BCUT2D eigenvalue weighted by Gasteiger charge is -2.38.